The minimum Gasteiger partial charge on any atom is -0.494 e. The Bertz CT molecular complexity index is 756. The molecule has 0 unspecified atom stereocenters. The second kappa shape index (κ2) is 7.87. The van der Waals surface area contributed by atoms with Crippen molar-refractivity contribution in [1.29, 1.82) is 0 Å². The summed E-state index contributed by atoms with van der Waals surface area (Å²) in [6.07, 6.45) is 1.53. The summed E-state index contributed by atoms with van der Waals surface area (Å²) < 4.78 is 38.7. The minimum atomic E-state index is -3.50. The molecule has 3 heterocycles. The van der Waals surface area contributed by atoms with Crippen LogP contribution in [0.15, 0.2) is 12.3 Å². The highest BCUT2D eigenvalue weighted by molar-refractivity contribution is 7.86. The lowest BCUT2D eigenvalue weighted by atomic mass is 10.1. The van der Waals surface area contributed by atoms with E-state index in [1.165, 1.54) is 21.9 Å². The van der Waals surface area contributed by atoms with Crippen molar-refractivity contribution < 1.29 is 22.7 Å². The Kier molecular flexibility index (Phi) is 5.76. The number of nitrogens with zero attached hydrogens (tertiary/aromatic N) is 4. The number of ether oxygens (including phenoxy) is 2. The molecule has 0 bridgehead atoms. The molecule has 9 nitrogen and oxygen atoms in total. The summed E-state index contributed by atoms with van der Waals surface area (Å²) in [5, 5.41) is 0. The SMILES string of the molecule is COc1cnc(C)cc1C(=O)N1CCN(S(=O)(=O)N2CCOCC2)CC1. The van der Waals surface area contributed by atoms with E-state index in [1.807, 2.05) is 6.92 Å². The maximum absolute atomic E-state index is 12.8. The van der Waals surface area contributed by atoms with E-state index >= 15 is 0 Å². The van der Waals surface area contributed by atoms with Gasteiger partial charge in [-0.25, -0.2) is 0 Å². The van der Waals surface area contributed by atoms with Gasteiger partial charge in [0.25, 0.3) is 16.1 Å². The number of pyridine rings is 1. The van der Waals surface area contributed by atoms with E-state index in [0.29, 0.717) is 50.7 Å². The zero-order valence-corrected chi connectivity index (χ0v) is 15.9. The van der Waals surface area contributed by atoms with Crippen LogP contribution in [0.4, 0.5) is 0 Å². The third-order valence-electron chi connectivity index (χ3n) is 4.60. The van der Waals surface area contributed by atoms with Gasteiger partial charge < -0.3 is 14.4 Å². The number of aromatic nitrogens is 1. The fraction of sp³-hybridized carbons (Fsp3) is 0.625. The summed E-state index contributed by atoms with van der Waals surface area (Å²) in [5.74, 6) is 0.250. The van der Waals surface area contributed by atoms with Gasteiger partial charge in [-0.15, -0.1) is 0 Å². The van der Waals surface area contributed by atoms with Crippen LogP contribution >= 0.6 is 0 Å². The molecule has 0 atom stereocenters. The van der Waals surface area contributed by atoms with Crippen LogP contribution in [-0.4, -0.2) is 92.4 Å². The van der Waals surface area contributed by atoms with Crippen molar-refractivity contribution in [3.8, 4) is 5.75 Å². The van der Waals surface area contributed by atoms with Crippen LogP contribution < -0.4 is 4.74 Å². The largest absolute Gasteiger partial charge is 0.494 e. The average Bonchev–Trinajstić information content (AvgIpc) is 2.68. The van der Waals surface area contributed by atoms with Crippen molar-refractivity contribution in [3.63, 3.8) is 0 Å². The fourth-order valence-electron chi connectivity index (χ4n) is 3.11. The molecule has 3 rings (SSSR count). The lowest BCUT2D eigenvalue weighted by Gasteiger charge is -2.37. The van der Waals surface area contributed by atoms with Gasteiger partial charge in [-0.1, -0.05) is 0 Å². The first kappa shape index (κ1) is 19.0. The number of rotatable bonds is 4. The lowest BCUT2D eigenvalue weighted by molar-refractivity contribution is 0.0634. The molecule has 2 aliphatic heterocycles. The van der Waals surface area contributed by atoms with Gasteiger partial charge in [-0.05, 0) is 13.0 Å². The van der Waals surface area contributed by atoms with Crippen molar-refractivity contribution in [3.05, 3.63) is 23.5 Å². The van der Waals surface area contributed by atoms with Crippen LogP contribution in [0.5, 0.6) is 5.75 Å². The molecule has 2 aliphatic rings. The number of methoxy groups -OCH3 is 1. The standard InChI is InChI=1S/C16H24N4O5S/c1-13-11-14(15(24-2)12-17-13)16(21)18-3-5-19(6-4-18)26(22,23)20-7-9-25-10-8-20/h11-12H,3-10H2,1-2H3. The van der Waals surface area contributed by atoms with Gasteiger partial charge in [0.2, 0.25) is 0 Å². The normalized spacial score (nSPS) is 20.2. The van der Waals surface area contributed by atoms with Gasteiger partial charge in [0.15, 0.2) is 0 Å². The highest BCUT2D eigenvalue weighted by Gasteiger charge is 2.34. The number of carbonyl (C=O) groups is 1. The summed E-state index contributed by atoms with van der Waals surface area (Å²) >= 11 is 0. The number of aryl methyl sites for hydroxylation is 1. The Morgan fingerprint density at radius 1 is 1.12 bits per heavy atom. The Labute approximate surface area is 153 Å². The molecular weight excluding hydrogens is 360 g/mol. The molecule has 0 saturated carbocycles. The monoisotopic (exact) mass is 384 g/mol. The number of morpholine rings is 1. The summed E-state index contributed by atoms with van der Waals surface area (Å²) in [6, 6.07) is 1.69. The molecule has 0 radical (unpaired) electrons. The van der Waals surface area contributed by atoms with E-state index in [1.54, 1.807) is 11.0 Å². The van der Waals surface area contributed by atoms with Gasteiger partial charge in [0, 0.05) is 45.0 Å². The van der Waals surface area contributed by atoms with E-state index in [4.69, 9.17) is 9.47 Å². The molecule has 1 aromatic heterocycles. The molecule has 0 aromatic carbocycles. The third kappa shape index (κ3) is 3.83. The molecule has 10 heteroatoms. The van der Waals surface area contributed by atoms with Crippen LogP contribution in [0.3, 0.4) is 0 Å². The average molecular weight is 384 g/mol. The predicted molar refractivity (Wildman–Crippen MR) is 94.3 cm³/mol. The Morgan fingerprint density at radius 2 is 1.73 bits per heavy atom. The van der Waals surface area contributed by atoms with E-state index in [9.17, 15) is 13.2 Å². The summed E-state index contributed by atoms with van der Waals surface area (Å²) in [4.78, 5) is 18.6. The van der Waals surface area contributed by atoms with E-state index in [-0.39, 0.29) is 19.0 Å². The third-order valence-corrected chi connectivity index (χ3v) is 6.64. The highest BCUT2D eigenvalue weighted by atomic mass is 32.2. The van der Waals surface area contributed by atoms with Gasteiger partial charge >= 0.3 is 0 Å². The first-order valence-electron chi connectivity index (χ1n) is 8.56. The molecule has 1 amide bonds. The Hall–Kier alpha value is -1.75. The van der Waals surface area contributed by atoms with E-state index in [2.05, 4.69) is 4.98 Å². The maximum Gasteiger partial charge on any atom is 0.282 e. The molecule has 144 valence electrons. The van der Waals surface area contributed by atoms with Crippen LogP contribution in [0.25, 0.3) is 0 Å². The van der Waals surface area contributed by atoms with Crippen molar-refractivity contribution in [2.45, 2.75) is 6.92 Å². The molecule has 0 spiro atoms. The quantitative estimate of drug-likeness (QED) is 0.710. The van der Waals surface area contributed by atoms with E-state index < -0.39 is 10.2 Å². The Morgan fingerprint density at radius 3 is 2.35 bits per heavy atom. The fourth-order valence-corrected chi connectivity index (χ4v) is 4.67. The zero-order chi connectivity index (χ0) is 18.7. The summed E-state index contributed by atoms with van der Waals surface area (Å²) in [5.41, 5.74) is 1.17. The number of piperazine rings is 1. The number of amides is 1. The molecule has 1 aromatic rings. The van der Waals surface area contributed by atoms with Crippen molar-refractivity contribution in [1.82, 2.24) is 18.5 Å². The minimum absolute atomic E-state index is 0.171. The zero-order valence-electron chi connectivity index (χ0n) is 15.0. The van der Waals surface area contributed by atoms with Crippen LogP contribution in [0, 0.1) is 6.92 Å². The molecule has 2 fully saturated rings. The molecular formula is C16H24N4O5S. The predicted octanol–water partition coefficient (Wildman–Crippen LogP) is -0.267. The number of hydrogen-bond donors (Lipinski definition) is 0. The van der Waals surface area contributed by atoms with Gasteiger partial charge in [-0.3, -0.25) is 9.78 Å². The lowest BCUT2D eigenvalue weighted by Crippen LogP contribution is -2.55. The van der Waals surface area contributed by atoms with Crippen LogP contribution in [0.2, 0.25) is 0 Å². The van der Waals surface area contributed by atoms with Crippen LogP contribution in [0.1, 0.15) is 16.1 Å². The number of carbonyl (C=O) groups excluding carboxylic acids is 1. The molecule has 0 N–H and O–H groups in total. The summed E-state index contributed by atoms with van der Waals surface area (Å²) in [7, 11) is -2.01. The maximum atomic E-state index is 12.8. The first-order chi connectivity index (χ1) is 12.4. The van der Waals surface area contributed by atoms with E-state index in [0.717, 1.165) is 5.69 Å². The highest BCUT2D eigenvalue weighted by Crippen LogP contribution is 2.21. The van der Waals surface area contributed by atoms with Gasteiger partial charge in [0.1, 0.15) is 5.75 Å². The van der Waals surface area contributed by atoms with Crippen LogP contribution in [-0.2, 0) is 14.9 Å². The van der Waals surface area contributed by atoms with Crippen molar-refractivity contribution in [2.75, 3.05) is 59.6 Å². The van der Waals surface area contributed by atoms with Gasteiger partial charge in [-0.2, -0.15) is 17.0 Å². The van der Waals surface area contributed by atoms with Gasteiger partial charge in [0.05, 0.1) is 32.1 Å². The second-order valence-corrected chi connectivity index (χ2v) is 8.16. The molecule has 26 heavy (non-hydrogen) atoms. The first-order valence-corrected chi connectivity index (χ1v) is 9.96. The van der Waals surface area contributed by atoms with Crippen molar-refractivity contribution in [2.24, 2.45) is 0 Å². The molecule has 0 aliphatic carbocycles. The molecule has 2 saturated heterocycles. The number of hydrogen-bond acceptors (Lipinski definition) is 6. The Balaban J connectivity index is 1.67. The topological polar surface area (TPSA) is 92.3 Å². The smallest absolute Gasteiger partial charge is 0.282 e. The van der Waals surface area contributed by atoms with Crippen molar-refractivity contribution >= 4 is 16.1 Å². The second-order valence-electron chi connectivity index (χ2n) is 6.24. The summed E-state index contributed by atoms with van der Waals surface area (Å²) in [6.45, 7) is 4.61.